The molecule has 1 aromatic rings. The van der Waals surface area contributed by atoms with Gasteiger partial charge in [0.1, 0.15) is 0 Å². The Morgan fingerprint density at radius 3 is 1.91 bits per heavy atom. The Morgan fingerprint density at radius 2 is 1.39 bits per heavy atom. The smallest absolute Gasteiger partial charge is 0.222 e. The summed E-state index contributed by atoms with van der Waals surface area (Å²) in [5, 5.41) is 0. The molecule has 2 heteroatoms. The maximum atomic E-state index is 12.6. The van der Waals surface area contributed by atoms with Crippen molar-refractivity contribution in [1.29, 1.82) is 0 Å². The molecule has 23 heavy (non-hydrogen) atoms. The minimum atomic E-state index is 0.335. The summed E-state index contributed by atoms with van der Waals surface area (Å²) in [5.41, 5.74) is 1.26. The van der Waals surface area contributed by atoms with Crippen molar-refractivity contribution in [2.75, 3.05) is 13.1 Å². The molecule has 0 bridgehead atoms. The van der Waals surface area contributed by atoms with Crippen LogP contribution in [0.2, 0.25) is 0 Å². The summed E-state index contributed by atoms with van der Waals surface area (Å²) in [6.07, 6.45) is 11.4. The van der Waals surface area contributed by atoms with E-state index in [0.29, 0.717) is 12.3 Å². The molecule has 0 saturated heterocycles. The average Bonchev–Trinajstić information content (AvgIpc) is 2.59. The van der Waals surface area contributed by atoms with Gasteiger partial charge in [0.05, 0.1) is 0 Å². The first-order chi connectivity index (χ1) is 11.3. The summed E-state index contributed by atoms with van der Waals surface area (Å²) < 4.78 is 0. The van der Waals surface area contributed by atoms with Crippen LogP contribution in [-0.4, -0.2) is 23.9 Å². The molecule has 0 unspecified atom stereocenters. The minimum Gasteiger partial charge on any atom is -0.343 e. The van der Waals surface area contributed by atoms with Crippen molar-refractivity contribution in [3.63, 3.8) is 0 Å². The van der Waals surface area contributed by atoms with Crippen LogP contribution in [0.4, 0.5) is 0 Å². The quantitative estimate of drug-likeness (QED) is 0.433. The van der Waals surface area contributed by atoms with Crippen molar-refractivity contribution >= 4 is 5.91 Å². The molecule has 0 atom stereocenters. The van der Waals surface area contributed by atoms with Gasteiger partial charge in [-0.25, -0.2) is 0 Å². The number of carbonyl (C=O) groups is 1. The van der Waals surface area contributed by atoms with E-state index in [1.165, 1.54) is 44.1 Å². The zero-order valence-corrected chi connectivity index (χ0v) is 15.2. The lowest BCUT2D eigenvalue weighted by Gasteiger charge is -2.23. The number of benzene rings is 1. The molecular formula is C21H35NO. The predicted octanol–water partition coefficient (Wildman–Crippen LogP) is 5.61. The normalized spacial score (nSPS) is 10.7. The fraction of sp³-hybridized carbons (Fsp3) is 0.667. The Labute approximate surface area is 143 Å². The molecule has 1 rings (SSSR count). The van der Waals surface area contributed by atoms with Gasteiger partial charge < -0.3 is 4.90 Å². The molecule has 0 aliphatic rings. The van der Waals surface area contributed by atoms with Crippen molar-refractivity contribution < 1.29 is 4.79 Å². The van der Waals surface area contributed by atoms with Gasteiger partial charge in [0, 0.05) is 19.5 Å². The molecule has 130 valence electrons. The lowest BCUT2D eigenvalue weighted by Crippen LogP contribution is -2.33. The highest BCUT2D eigenvalue weighted by Crippen LogP contribution is 2.09. The van der Waals surface area contributed by atoms with Gasteiger partial charge in [-0.15, -0.1) is 0 Å². The van der Waals surface area contributed by atoms with E-state index < -0.39 is 0 Å². The van der Waals surface area contributed by atoms with E-state index in [4.69, 9.17) is 0 Å². The van der Waals surface area contributed by atoms with Gasteiger partial charge in [0.25, 0.3) is 0 Å². The van der Waals surface area contributed by atoms with Crippen LogP contribution in [0.15, 0.2) is 30.3 Å². The molecule has 0 fully saturated rings. The first-order valence-corrected chi connectivity index (χ1v) is 9.59. The van der Waals surface area contributed by atoms with Crippen LogP contribution in [-0.2, 0) is 11.2 Å². The summed E-state index contributed by atoms with van der Waals surface area (Å²) in [5.74, 6) is 0.335. The van der Waals surface area contributed by atoms with Gasteiger partial charge in [-0.1, -0.05) is 82.7 Å². The third-order valence-electron chi connectivity index (χ3n) is 4.39. The Morgan fingerprint density at radius 1 is 0.826 bits per heavy atom. The van der Waals surface area contributed by atoms with Gasteiger partial charge in [-0.2, -0.15) is 0 Å². The number of hydrogen-bond acceptors (Lipinski definition) is 1. The number of amides is 1. The summed E-state index contributed by atoms with van der Waals surface area (Å²) in [7, 11) is 0. The summed E-state index contributed by atoms with van der Waals surface area (Å²) in [6, 6.07) is 10.3. The van der Waals surface area contributed by atoms with Crippen molar-refractivity contribution in [3.8, 4) is 0 Å². The second-order valence-corrected chi connectivity index (χ2v) is 6.49. The molecule has 1 amide bonds. The molecule has 0 spiro atoms. The van der Waals surface area contributed by atoms with Crippen LogP contribution >= 0.6 is 0 Å². The zero-order chi connectivity index (χ0) is 16.8. The molecule has 2 nitrogen and oxygen atoms in total. The Balaban J connectivity index is 2.39. The summed E-state index contributed by atoms with van der Waals surface area (Å²) >= 11 is 0. The first-order valence-electron chi connectivity index (χ1n) is 9.59. The number of unbranched alkanes of at least 4 members (excludes halogenated alkanes) is 6. The highest BCUT2D eigenvalue weighted by Gasteiger charge is 2.12. The van der Waals surface area contributed by atoms with Gasteiger partial charge in [-0.3, -0.25) is 4.79 Å². The van der Waals surface area contributed by atoms with Crippen LogP contribution in [0.3, 0.4) is 0 Å². The topological polar surface area (TPSA) is 20.3 Å². The van der Waals surface area contributed by atoms with E-state index in [2.05, 4.69) is 30.9 Å². The summed E-state index contributed by atoms with van der Waals surface area (Å²) in [6.45, 7) is 6.35. The van der Waals surface area contributed by atoms with Crippen LogP contribution < -0.4 is 0 Å². The largest absolute Gasteiger partial charge is 0.343 e. The lowest BCUT2D eigenvalue weighted by atomic mass is 10.1. The molecular weight excluding hydrogens is 282 g/mol. The maximum absolute atomic E-state index is 12.6. The maximum Gasteiger partial charge on any atom is 0.222 e. The Bertz CT molecular complexity index is 390. The third-order valence-corrected chi connectivity index (χ3v) is 4.39. The molecule has 0 heterocycles. The SMILES string of the molecule is CCCCCCN(CCCCCC)C(=O)CCc1ccccc1. The first kappa shape index (κ1) is 19.7. The van der Waals surface area contributed by atoms with Crippen molar-refractivity contribution in [2.24, 2.45) is 0 Å². The lowest BCUT2D eigenvalue weighted by molar-refractivity contribution is -0.131. The Hall–Kier alpha value is -1.31. The van der Waals surface area contributed by atoms with Crippen molar-refractivity contribution in [1.82, 2.24) is 4.90 Å². The number of carbonyl (C=O) groups excluding carboxylic acids is 1. The highest BCUT2D eigenvalue weighted by molar-refractivity contribution is 5.76. The predicted molar refractivity (Wildman–Crippen MR) is 99.6 cm³/mol. The molecule has 1 aromatic carbocycles. The molecule has 0 aromatic heterocycles. The van der Waals surface area contributed by atoms with E-state index in [9.17, 15) is 4.79 Å². The van der Waals surface area contributed by atoms with E-state index in [-0.39, 0.29) is 0 Å². The second-order valence-electron chi connectivity index (χ2n) is 6.49. The van der Waals surface area contributed by atoms with Crippen molar-refractivity contribution in [3.05, 3.63) is 35.9 Å². The number of nitrogens with zero attached hydrogens (tertiary/aromatic N) is 1. The Kier molecular flexibility index (Phi) is 11.3. The van der Waals surface area contributed by atoms with Gasteiger partial charge in [0.2, 0.25) is 5.91 Å². The molecule has 0 aliphatic carbocycles. The fourth-order valence-electron chi connectivity index (χ4n) is 2.87. The van der Waals surface area contributed by atoms with Crippen LogP contribution in [0.25, 0.3) is 0 Å². The molecule has 0 radical (unpaired) electrons. The minimum absolute atomic E-state index is 0.335. The van der Waals surface area contributed by atoms with Crippen LogP contribution in [0.1, 0.15) is 77.2 Å². The van der Waals surface area contributed by atoms with Gasteiger partial charge in [-0.05, 0) is 24.8 Å². The highest BCUT2D eigenvalue weighted by atomic mass is 16.2. The van der Waals surface area contributed by atoms with E-state index >= 15 is 0 Å². The van der Waals surface area contributed by atoms with Crippen LogP contribution in [0.5, 0.6) is 0 Å². The number of aryl methyl sites for hydroxylation is 1. The second kappa shape index (κ2) is 13.2. The van der Waals surface area contributed by atoms with E-state index in [0.717, 1.165) is 32.4 Å². The van der Waals surface area contributed by atoms with Crippen LogP contribution in [0, 0.1) is 0 Å². The van der Waals surface area contributed by atoms with E-state index in [1.807, 2.05) is 18.2 Å². The average molecular weight is 318 g/mol. The number of hydrogen-bond donors (Lipinski definition) is 0. The summed E-state index contributed by atoms with van der Waals surface area (Å²) in [4.78, 5) is 14.7. The molecule has 0 aliphatic heterocycles. The molecule has 0 N–H and O–H groups in total. The molecule has 0 saturated carbocycles. The fourth-order valence-corrected chi connectivity index (χ4v) is 2.87. The monoisotopic (exact) mass is 317 g/mol. The van der Waals surface area contributed by atoms with E-state index in [1.54, 1.807) is 0 Å². The number of rotatable bonds is 13. The van der Waals surface area contributed by atoms with Crippen molar-refractivity contribution in [2.45, 2.75) is 78.1 Å². The van der Waals surface area contributed by atoms with Gasteiger partial charge >= 0.3 is 0 Å². The zero-order valence-electron chi connectivity index (χ0n) is 15.2. The third kappa shape index (κ3) is 9.43. The van der Waals surface area contributed by atoms with Gasteiger partial charge in [0.15, 0.2) is 0 Å². The standard InChI is InChI=1S/C21H35NO/c1-3-5-7-12-18-22(19-13-8-6-4-2)21(23)17-16-20-14-10-9-11-15-20/h9-11,14-15H,3-8,12-13,16-19H2,1-2H3.